The molecule has 2 aromatic rings. The lowest BCUT2D eigenvalue weighted by atomic mass is 9.92. The van der Waals surface area contributed by atoms with Gasteiger partial charge >= 0.3 is 0 Å². The Kier molecular flexibility index (Phi) is 4.23. The van der Waals surface area contributed by atoms with Crippen molar-refractivity contribution >= 4 is 28.5 Å². The molecule has 1 saturated heterocycles. The molecule has 6 nitrogen and oxygen atoms in total. The zero-order chi connectivity index (χ0) is 16.6. The summed E-state index contributed by atoms with van der Waals surface area (Å²) in [6.45, 7) is 0.436. The lowest BCUT2D eigenvalue weighted by molar-refractivity contribution is -0.0549. The quantitative estimate of drug-likeness (QED) is 0.894. The van der Waals surface area contributed by atoms with E-state index in [1.54, 1.807) is 23.1 Å². The van der Waals surface area contributed by atoms with E-state index in [4.69, 9.17) is 20.8 Å². The molecular weight excluding hydrogens is 322 g/mol. The number of fused-ring (bicyclic) bond motifs is 1. The van der Waals surface area contributed by atoms with Crippen LogP contribution in [0.4, 0.5) is 0 Å². The Balaban J connectivity index is 1.85. The number of furan rings is 1. The summed E-state index contributed by atoms with van der Waals surface area (Å²) in [6.07, 6.45) is 0.676. The summed E-state index contributed by atoms with van der Waals surface area (Å²) >= 11 is 6.02. The number of nitrogens with zero attached hydrogens (tertiary/aromatic N) is 1. The maximum atomic E-state index is 12.6. The number of benzene rings is 1. The summed E-state index contributed by atoms with van der Waals surface area (Å²) in [4.78, 5) is 14.2. The Morgan fingerprint density at radius 1 is 1.39 bits per heavy atom. The van der Waals surface area contributed by atoms with Crippen LogP contribution in [0.25, 0.3) is 11.0 Å². The Bertz CT molecular complexity index is 733. The Hall–Kier alpha value is -1.76. The minimum atomic E-state index is -1.10. The first kappa shape index (κ1) is 16.1. The number of piperidine rings is 1. The zero-order valence-electron chi connectivity index (χ0n) is 12.7. The number of carbonyl (C=O) groups excluding carboxylic acids is 1. The summed E-state index contributed by atoms with van der Waals surface area (Å²) < 4.78 is 10.9. The highest BCUT2D eigenvalue weighted by Gasteiger charge is 2.34. The minimum absolute atomic E-state index is 0.204. The molecular formula is C16H18ClNO5. The van der Waals surface area contributed by atoms with Gasteiger partial charge in [0.15, 0.2) is 17.1 Å². The van der Waals surface area contributed by atoms with Crippen molar-refractivity contribution in [2.75, 3.05) is 26.8 Å². The SMILES string of the molecule is COc1cc(Cl)cc2cc(C(=O)N3CCC(O)(CO)CC3)oc12. The fourth-order valence-corrected chi connectivity index (χ4v) is 3.00. The molecule has 1 fully saturated rings. The van der Waals surface area contributed by atoms with Crippen molar-refractivity contribution in [1.29, 1.82) is 0 Å². The van der Waals surface area contributed by atoms with E-state index >= 15 is 0 Å². The van der Waals surface area contributed by atoms with Gasteiger partial charge in [-0.2, -0.15) is 0 Å². The number of hydrogen-bond donors (Lipinski definition) is 2. The van der Waals surface area contributed by atoms with Gasteiger partial charge in [-0.3, -0.25) is 4.79 Å². The van der Waals surface area contributed by atoms with Gasteiger partial charge in [-0.1, -0.05) is 11.6 Å². The molecule has 124 valence electrons. The van der Waals surface area contributed by atoms with E-state index in [1.165, 1.54) is 7.11 Å². The number of likely N-dealkylation sites (tertiary alicyclic amines) is 1. The molecule has 23 heavy (non-hydrogen) atoms. The van der Waals surface area contributed by atoms with Crippen molar-refractivity contribution in [3.63, 3.8) is 0 Å². The molecule has 0 radical (unpaired) electrons. The molecule has 2 heterocycles. The van der Waals surface area contributed by atoms with E-state index in [0.29, 0.717) is 47.7 Å². The molecule has 1 amide bonds. The fourth-order valence-electron chi connectivity index (χ4n) is 2.78. The van der Waals surface area contributed by atoms with E-state index < -0.39 is 5.60 Å². The van der Waals surface area contributed by atoms with Crippen LogP contribution < -0.4 is 4.74 Å². The van der Waals surface area contributed by atoms with Gasteiger partial charge in [-0.05, 0) is 25.0 Å². The molecule has 7 heteroatoms. The molecule has 0 aliphatic carbocycles. The van der Waals surface area contributed by atoms with Crippen LogP contribution in [0.2, 0.25) is 5.02 Å². The van der Waals surface area contributed by atoms with Gasteiger partial charge < -0.3 is 24.3 Å². The number of halogens is 1. The number of amides is 1. The number of aliphatic hydroxyl groups excluding tert-OH is 1. The van der Waals surface area contributed by atoms with Crippen molar-refractivity contribution in [3.05, 3.63) is 29.0 Å². The standard InChI is InChI=1S/C16H18ClNO5/c1-22-12-8-11(17)6-10-7-13(23-14(10)12)15(20)18-4-2-16(21,9-19)3-5-18/h6-8,19,21H,2-5,9H2,1H3. The normalized spacial score (nSPS) is 17.5. The number of rotatable bonds is 3. The van der Waals surface area contributed by atoms with Gasteiger partial charge in [0, 0.05) is 29.6 Å². The van der Waals surface area contributed by atoms with Crippen molar-refractivity contribution < 1.29 is 24.2 Å². The van der Waals surface area contributed by atoms with Crippen LogP contribution in [0.15, 0.2) is 22.6 Å². The summed E-state index contributed by atoms with van der Waals surface area (Å²) in [5.41, 5.74) is -0.620. The van der Waals surface area contributed by atoms with Gasteiger partial charge in [-0.15, -0.1) is 0 Å². The van der Waals surface area contributed by atoms with E-state index in [2.05, 4.69) is 0 Å². The lowest BCUT2D eigenvalue weighted by Crippen LogP contribution is -2.48. The zero-order valence-corrected chi connectivity index (χ0v) is 13.5. The lowest BCUT2D eigenvalue weighted by Gasteiger charge is -2.36. The van der Waals surface area contributed by atoms with E-state index in [9.17, 15) is 15.0 Å². The molecule has 2 N–H and O–H groups in total. The molecule has 1 aliphatic heterocycles. The second-order valence-electron chi connectivity index (χ2n) is 5.81. The molecule has 0 atom stereocenters. The smallest absolute Gasteiger partial charge is 0.289 e. The van der Waals surface area contributed by atoms with Crippen molar-refractivity contribution in [2.45, 2.75) is 18.4 Å². The third-order valence-corrected chi connectivity index (χ3v) is 4.47. The number of ether oxygens (including phenoxy) is 1. The van der Waals surface area contributed by atoms with Crippen molar-refractivity contribution in [2.24, 2.45) is 0 Å². The monoisotopic (exact) mass is 339 g/mol. The topological polar surface area (TPSA) is 83.1 Å². The molecule has 1 aromatic heterocycles. The van der Waals surface area contributed by atoms with E-state index in [1.807, 2.05) is 0 Å². The predicted molar refractivity (Wildman–Crippen MR) is 84.9 cm³/mol. The van der Waals surface area contributed by atoms with Crippen LogP contribution in [0.1, 0.15) is 23.4 Å². The molecule has 1 aliphatic rings. The summed E-state index contributed by atoms with van der Waals surface area (Å²) in [7, 11) is 1.51. The maximum absolute atomic E-state index is 12.6. The van der Waals surface area contributed by atoms with E-state index in [-0.39, 0.29) is 18.3 Å². The average Bonchev–Trinajstić information content (AvgIpc) is 2.98. The molecule has 1 aromatic carbocycles. The fraction of sp³-hybridized carbons (Fsp3) is 0.438. The number of aliphatic hydroxyl groups is 2. The first-order chi connectivity index (χ1) is 11.0. The van der Waals surface area contributed by atoms with Crippen LogP contribution in [0.5, 0.6) is 5.75 Å². The highest BCUT2D eigenvalue weighted by atomic mass is 35.5. The third-order valence-electron chi connectivity index (χ3n) is 4.25. The number of hydrogen-bond acceptors (Lipinski definition) is 5. The first-order valence-corrected chi connectivity index (χ1v) is 7.73. The Labute approximate surface area is 138 Å². The van der Waals surface area contributed by atoms with Gasteiger partial charge in [0.25, 0.3) is 5.91 Å². The third kappa shape index (κ3) is 3.02. The molecule has 0 spiro atoms. The Morgan fingerprint density at radius 2 is 2.09 bits per heavy atom. The largest absolute Gasteiger partial charge is 0.493 e. The van der Waals surface area contributed by atoms with Gasteiger partial charge in [0.2, 0.25) is 0 Å². The first-order valence-electron chi connectivity index (χ1n) is 7.35. The highest BCUT2D eigenvalue weighted by molar-refractivity contribution is 6.31. The van der Waals surface area contributed by atoms with E-state index in [0.717, 1.165) is 0 Å². The maximum Gasteiger partial charge on any atom is 0.289 e. The van der Waals surface area contributed by atoms with Gasteiger partial charge in [-0.25, -0.2) is 0 Å². The van der Waals surface area contributed by atoms with Crippen molar-refractivity contribution in [1.82, 2.24) is 4.90 Å². The Morgan fingerprint density at radius 3 is 2.70 bits per heavy atom. The molecule has 0 bridgehead atoms. The van der Waals surface area contributed by atoms with Crippen LogP contribution in [-0.2, 0) is 0 Å². The van der Waals surface area contributed by atoms with Crippen LogP contribution in [-0.4, -0.2) is 53.4 Å². The highest BCUT2D eigenvalue weighted by Crippen LogP contribution is 2.33. The molecule has 0 saturated carbocycles. The summed E-state index contributed by atoms with van der Waals surface area (Å²) in [6, 6.07) is 4.98. The molecule has 3 rings (SSSR count). The van der Waals surface area contributed by atoms with Crippen molar-refractivity contribution in [3.8, 4) is 5.75 Å². The summed E-state index contributed by atoms with van der Waals surface area (Å²) in [5, 5.41) is 20.4. The minimum Gasteiger partial charge on any atom is -0.493 e. The predicted octanol–water partition coefficient (Wildman–Crippen LogP) is 2.05. The van der Waals surface area contributed by atoms with Crippen LogP contribution in [0.3, 0.4) is 0 Å². The molecule has 0 unspecified atom stereocenters. The summed E-state index contributed by atoms with van der Waals surface area (Å²) in [5.74, 6) is 0.425. The van der Waals surface area contributed by atoms with Crippen LogP contribution in [0, 0.1) is 0 Å². The number of methoxy groups -OCH3 is 1. The number of carbonyl (C=O) groups is 1. The average molecular weight is 340 g/mol. The second-order valence-corrected chi connectivity index (χ2v) is 6.25. The van der Waals surface area contributed by atoms with Gasteiger partial charge in [0.05, 0.1) is 19.3 Å². The van der Waals surface area contributed by atoms with Gasteiger partial charge in [0.1, 0.15) is 0 Å². The van der Waals surface area contributed by atoms with Crippen LogP contribution >= 0.6 is 11.6 Å². The second kappa shape index (κ2) is 6.03.